The van der Waals surface area contributed by atoms with Gasteiger partial charge < -0.3 is 11.1 Å². The maximum absolute atomic E-state index is 13.0. The summed E-state index contributed by atoms with van der Waals surface area (Å²) in [6, 6.07) is 28.6. The van der Waals surface area contributed by atoms with Crippen LogP contribution < -0.4 is 11.1 Å². The lowest BCUT2D eigenvalue weighted by Crippen LogP contribution is -2.44. The van der Waals surface area contributed by atoms with Gasteiger partial charge in [-0.2, -0.15) is 0 Å². The van der Waals surface area contributed by atoms with Gasteiger partial charge in [-0.05, 0) is 66.8 Å². The molecule has 5 heteroatoms. The van der Waals surface area contributed by atoms with Crippen molar-refractivity contribution in [3.63, 3.8) is 0 Å². The quantitative estimate of drug-likeness (QED) is 0.226. The van der Waals surface area contributed by atoms with Crippen molar-refractivity contribution in [2.75, 3.05) is 13.2 Å². The van der Waals surface area contributed by atoms with E-state index in [9.17, 15) is 4.79 Å². The first-order valence-corrected chi connectivity index (χ1v) is 12.6. The number of hydrogen-bond acceptors (Lipinski definition) is 4. The van der Waals surface area contributed by atoms with Crippen molar-refractivity contribution in [3.05, 3.63) is 96.1 Å². The van der Waals surface area contributed by atoms with Crippen molar-refractivity contribution in [2.24, 2.45) is 17.6 Å². The molecule has 3 aromatic carbocycles. The SMILES string of the molecule is NCC1CCC(C(=O)N[C@H](COOCc2ccccc2)Cc2ccc(-c3ccccc3)cc2)CC1. The van der Waals surface area contributed by atoms with Gasteiger partial charge >= 0.3 is 0 Å². The number of benzene rings is 3. The minimum Gasteiger partial charge on any atom is -0.350 e. The molecule has 1 fully saturated rings. The van der Waals surface area contributed by atoms with E-state index in [4.69, 9.17) is 15.5 Å². The van der Waals surface area contributed by atoms with Gasteiger partial charge in [0.1, 0.15) is 13.2 Å². The van der Waals surface area contributed by atoms with Crippen LogP contribution in [0.5, 0.6) is 0 Å². The summed E-state index contributed by atoms with van der Waals surface area (Å²) >= 11 is 0. The number of hydrogen-bond donors (Lipinski definition) is 2. The normalized spacial score (nSPS) is 18.7. The molecule has 0 heterocycles. The standard InChI is InChI=1S/C30H36N2O3/c31-20-24-13-17-28(18-14-24)30(33)32-29(22-35-34-21-25-7-3-1-4-8-25)19-23-11-15-27(16-12-23)26-9-5-2-6-10-26/h1-12,15-16,24,28-29H,13-14,17-22,31H2,(H,32,33)/t24?,28?,29-/m0/s1. The van der Waals surface area contributed by atoms with Crippen LogP contribution in [-0.2, 0) is 27.6 Å². The van der Waals surface area contributed by atoms with Crippen LogP contribution in [0.3, 0.4) is 0 Å². The Morgan fingerprint density at radius 1 is 0.800 bits per heavy atom. The minimum atomic E-state index is -0.173. The summed E-state index contributed by atoms with van der Waals surface area (Å²) in [6.45, 7) is 1.37. The first-order valence-electron chi connectivity index (χ1n) is 12.6. The Bertz CT molecular complexity index is 1020. The fraction of sp³-hybridized carbons (Fsp3) is 0.367. The van der Waals surface area contributed by atoms with Crippen molar-refractivity contribution < 1.29 is 14.6 Å². The molecule has 4 rings (SSSR count). The van der Waals surface area contributed by atoms with Gasteiger partial charge in [0.25, 0.3) is 0 Å². The first kappa shape index (κ1) is 25.1. The topological polar surface area (TPSA) is 73.6 Å². The molecular weight excluding hydrogens is 436 g/mol. The largest absolute Gasteiger partial charge is 0.350 e. The molecular formula is C30H36N2O3. The van der Waals surface area contributed by atoms with Crippen LogP contribution in [0.15, 0.2) is 84.9 Å². The Morgan fingerprint density at radius 2 is 1.43 bits per heavy atom. The van der Waals surface area contributed by atoms with Gasteiger partial charge in [-0.1, -0.05) is 84.9 Å². The van der Waals surface area contributed by atoms with E-state index >= 15 is 0 Å². The fourth-order valence-corrected chi connectivity index (χ4v) is 4.69. The molecule has 5 nitrogen and oxygen atoms in total. The first-order chi connectivity index (χ1) is 17.2. The highest BCUT2D eigenvalue weighted by Crippen LogP contribution is 2.28. The maximum atomic E-state index is 13.0. The molecule has 1 amide bonds. The second-order valence-electron chi connectivity index (χ2n) is 9.46. The number of carbonyl (C=O) groups excluding carboxylic acids is 1. The van der Waals surface area contributed by atoms with Crippen LogP contribution in [0, 0.1) is 11.8 Å². The zero-order chi connectivity index (χ0) is 24.3. The van der Waals surface area contributed by atoms with Gasteiger partial charge in [0.2, 0.25) is 5.91 Å². The van der Waals surface area contributed by atoms with Crippen molar-refractivity contribution in [1.82, 2.24) is 5.32 Å². The van der Waals surface area contributed by atoms with E-state index in [0.29, 0.717) is 25.5 Å². The van der Waals surface area contributed by atoms with Gasteiger partial charge in [0.15, 0.2) is 0 Å². The molecule has 184 valence electrons. The number of rotatable bonds is 11. The molecule has 0 saturated heterocycles. The van der Waals surface area contributed by atoms with E-state index in [0.717, 1.165) is 36.8 Å². The summed E-state index contributed by atoms with van der Waals surface area (Å²) in [5.74, 6) is 0.705. The summed E-state index contributed by atoms with van der Waals surface area (Å²) in [6.07, 6.45) is 4.52. The molecule has 0 bridgehead atoms. The summed E-state index contributed by atoms with van der Waals surface area (Å²) in [5, 5.41) is 3.24. The Kier molecular flexibility index (Phi) is 9.47. The van der Waals surface area contributed by atoms with E-state index in [-0.39, 0.29) is 24.5 Å². The van der Waals surface area contributed by atoms with Crippen LogP contribution in [0.2, 0.25) is 0 Å². The van der Waals surface area contributed by atoms with Crippen LogP contribution >= 0.6 is 0 Å². The van der Waals surface area contributed by atoms with E-state index in [1.165, 1.54) is 11.1 Å². The number of carbonyl (C=O) groups is 1. The molecule has 3 N–H and O–H groups in total. The predicted octanol–water partition coefficient (Wildman–Crippen LogP) is 5.29. The van der Waals surface area contributed by atoms with E-state index < -0.39 is 0 Å². The van der Waals surface area contributed by atoms with Crippen molar-refractivity contribution in [3.8, 4) is 11.1 Å². The number of amides is 1. The summed E-state index contributed by atoms with van der Waals surface area (Å²) in [7, 11) is 0. The molecule has 0 aromatic heterocycles. The van der Waals surface area contributed by atoms with Gasteiger partial charge in [-0.25, -0.2) is 9.78 Å². The summed E-state index contributed by atoms with van der Waals surface area (Å²) in [5.41, 5.74) is 10.4. The number of nitrogens with two attached hydrogens (primary N) is 1. The van der Waals surface area contributed by atoms with Gasteiger partial charge in [0.05, 0.1) is 6.04 Å². The number of nitrogens with one attached hydrogen (secondary N) is 1. The predicted molar refractivity (Wildman–Crippen MR) is 139 cm³/mol. The van der Waals surface area contributed by atoms with Crippen LogP contribution in [-0.4, -0.2) is 25.1 Å². The average molecular weight is 473 g/mol. The molecule has 1 saturated carbocycles. The lowest BCUT2D eigenvalue weighted by Gasteiger charge is -2.28. The van der Waals surface area contributed by atoms with Gasteiger partial charge in [0, 0.05) is 5.92 Å². The molecule has 1 aliphatic rings. The van der Waals surface area contributed by atoms with Crippen LogP contribution in [0.4, 0.5) is 0 Å². The third-order valence-electron chi connectivity index (χ3n) is 6.86. The van der Waals surface area contributed by atoms with Gasteiger partial charge in [-0.3, -0.25) is 4.79 Å². The Balaban J connectivity index is 1.35. The highest BCUT2D eigenvalue weighted by atomic mass is 17.2. The Labute approximate surface area is 208 Å². The molecule has 1 aliphatic carbocycles. The highest BCUT2D eigenvalue weighted by molar-refractivity contribution is 5.79. The highest BCUT2D eigenvalue weighted by Gasteiger charge is 2.27. The summed E-state index contributed by atoms with van der Waals surface area (Å²) in [4.78, 5) is 24.1. The zero-order valence-corrected chi connectivity index (χ0v) is 20.3. The Morgan fingerprint density at radius 3 is 2.09 bits per heavy atom. The minimum absolute atomic E-state index is 0.0472. The maximum Gasteiger partial charge on any atom is 0.223 e. The molecule has 0 spiro atoms. The molecule has 0 radical (unpaired) electrons. The summed E-state index contributed by atoms with van der Waals surface area (Å²) < 4.78 is 0. The van der Waals surface area contributed by atoms with Crippen LogP contribution in [0.25, 0.3) is 11.1 Å². The van der Waals surface area contributed by atoms with E-state index in [1.807, 2.05) is 48.5 Å². The van der Waals surface area contributed by atoms with E-state index in [1.54, 1.807) is 0 Å². The average Bonchev–Trinajstić information content (AvgIpc) is 2.92. The molecule has 1 atom stereocenters. The smallest absolute Gasteiger partial charge is 0.223 e. The monoisotopic (exact) mass is 472 g/mol. The van der Waals surface area contributed by atoms with E-state index in [2.05, 4.69) is 41.7 Å². The second kappa shape index (κ2) is 13.2. The molecule has 0 unspecified atom stereocenters. The lowest BCUT2D eigenvalue weighted by molar-refractivity contribution is -0.306. The van der Waals surface area contributed by atoms with Crippen molar-refractivity contribution in [1.29, 1.82) is 0 Å². The second-order valence-corrected chi connectivity index (χ2v) is 9.46. The van der Waals surface area contributed by atoms with Gasteiger partial charge in [-0.15, -0.1) is 0 Å². The zero-order valence-electron chi connectivity index (χ0n) is 20.3. The lowest BCUT2D eigenvalue weighted by atomic mass is 9.81. The van der Waals surface area contributed by atoms with Crippen molar-refractivity contribution >= 4 is 5.91 Å². The third kappa shape index (κ3) is 7.76. The third-order valence-corrected chi connectivity index (χ3v) is 6.86. The molecule has 3 aromatic rings. The molecule has 35 heavy (non-hydrogen) atoms. The van der Waals surface area contributed by atoms with Crippen LogP contribution in [0.1, 0.15) is 36.8 Å². The fourth-order valence-electron chi connectivity index (χ4n) is 4.69. The Hall–Kier alpha value is -2.99. The molecule has 0 aliphatic heterocycles. The van der Waals surface area contributed by atoms with Crippen molar-refractivity contribution in [2.45, 2.75) is 44.8 Å².